The number of likely N-dealkylation sites (N-methyl/N-ethyl adjacent to an activating group) is 1. The Hall–Kier alpha value is -0.510. The maximum absolute atomic E-state index is 13.0. The highest BCUT2D eigenvalue weighted by Crippen LogP contribution is 2.54. The third-order valence-electron chi connectivity index (χ3n) is 3.09. The molecule has 11 heteroatoms. The molecule has 0 bridgehead atoms. The number of rotatable bonds is 8. The zero-order valence-corrected chi connectivity index (χ0v) is 18.3. The lowest BCUT2D eigenvalue weighted by molar-refractivity contribution is -1.92. The number of benzene rings is 1. The second-order valence-corrected chi connectivity index (χ2v) is 8.85. The maximum atomic E-state index is 13.0. The average molecular weight is 446 g/mol. The van der Waals surface area contributed by atoms with Gasteiger partial charge in [-0.2, -0.15) is 14.0 Å². The smallest absolute Gasteiger partial charge is 0.308 e. The van der Waals surface area contributed by atoms with Crippen LogP contribution in [-0.4, -0.2) is 42.7 Å². The summed E-state index contributed by atoms with van der Waals surface area (Å²) in [6.07, 6.45) is 1.73. The second kappa shape index (κ2) is 12.1. The molecule has 0 radical (unpaired) electrons. The fourth-order valence-electron chi connectivity index (χ4n) is 2.01. The normalized spacial score (nSPS) is 14.0. The summed E-state index contributed by atoms with van der Waals surface area (Å²) < 4.78 is 56.6. The molecule has 0 aliphatic carbocycles. The Balaban J connectivity index is 0.00000119. The van der Waals surface area contributed by atoms with Crippen LogP contribution in [0.4, 0.5) is 0 Å². The molecule has 0 saturated carbocycles. The Labute approximate surface area is 167 Å². The van der Waals surface area contributed by atoms with E-state index in [1.807, 2.05) is 45.3 Å². The van der Waals surface area contributed by atoms with Crippen molar-refractivity contribution in [2.75, 3.05) is 27.3 Å². The summed E-state index contributed by atoms with van der Waals surface area (Å²) in [5, 5.41) is 0.526. The van der Waals surface area contributed by atoms with E-state index in [-0.39, 0.29) is 0 Å². The van der Waals surface area contributed by atoms with Crippen molar-refractivity contribution in [2.24, 2.45) is 0 Å². The Morgan fingerprint density at radius 1 is 1.22 bits per heavy atom. The third kappa shape index (κ3) is 11.2. The molecular formula is C16H26Cl2NO7P. The van der Waals surface area contributed by atoms with E-state index in [0.717, 1.165) is 11.1 Å². The highest BCUT2D eigenvalue weighted by atomic mass is 35.7. The van der Waals surface area contributed by atoms with Crippen molar-refractivity contribution in [2.45, 2.75) is 26.6 Å². The van der Waals surface area contributed by atoms with E-state index in [1.54, 1.807) is 24.8 Å². The molecule has 0 amide bonds. The van der Waals surface area contributed by atoms with Crippen LogP contribution in [0, 0.1) is 17.2 Å². The molecule has 0 spiro atoms. The monoisotopic (exact) mass is 445 g/mol. The lowest BCUT2D eigenvalue weighted by Crippen LogP contribution is -2.58. The molecule has 1 unspecified atom stereocenters. The zero-order valence-electron chi connectivity index (χ0n) is 15.9. The molecule has 1 rings (SSSR count). The van der Waals surface area contributed by atoms with Gasteiger partial charge in [-0.3, -0.25) is 9.46 Å². The van der Waals surface area contributed by atoms with Crippen molar-refractivity contribution in [1.82, 2.24) is 4.90 Å². The minimum absolute atomic E-state index is 0.317. The van der Waals surface area contributed by atoms with Crippen LogP contribution in [0.1, 0.15) is 25.0 Å². The molecule has 0 aromatic heterocycles. The minimum atomic E-state index is -4.69. The lowest BCUT2D eigenvalue weighted by atomic mass is 10.1. The number of hydrogen-bond donors (Lipinski definition) is 1. The van der Waals surface area contributed by atoms with E-state index in [1.165, 1.54) is 0 Å². The summed E-state index contributed by atoms with van der Waals surface area (Å²) in [6.45, 7) is 6.24. The Morgan fingerprint density at radius 2 is 1.63 bits per heavy atom. The zero-order chi connectivity index (χ0) is 21.3. The van der Waals surface area contributed by atoms with Crippen molar-refractivity contribution in [3.63, 3.8) is 0 Å². The lowest BCUT2D eigenvalue weighted by Gasteiger charge is -2.29. The topological polar surface area (TPSA) is 128 Å². The summed E-state index contributed by atoms with van der Waals surface area (Å²) in [5.41, 5.74) is 2.03. The van der Waals surface area contributed by atoms with Crippen LogP contribution < -0.4 is 14.0 Å². The SMILES string of the molecule is CCOP(=O)(OCC)C(C=C(Cl)c1ccc(C)cc1)N(C)C.[O-][Cl+3]([O-])([O-])O. The second-order valence-electron chi connectivity index (χ2n) is 5.53. The van der Waals surface area contributed by atoms with Crippen LogP contribution in [-0.2, 0) is 13.6 Å². The summed E-state index contributed by atoms with van der Waals surface area (Å²) in [7, 11) is -4.35. The molecule has 1 aromatic rings. The summed E-state index contributed by atoms with van der Waals surface area (Å²) in [6, 6.07) is 7.85. The standard InChI is InChI=1S/C16H25ClNO3P.ClHO4/c1-6-20-22(19,21-7-2)16(18(4)5)12-15(17)14-10-8-13(3)9-11-14;2-1(3,4)5/h8-12,16H,6-7H2,1-5H3;(H,2,3,4,5). The quantitative estimate of drug-likeness (QED) is 0.576. The maximum Gasteiger partial charge on any atom is 0.351 e. The van der Waals surface area contributed by atoms with Crippen LogP contribution in [0.3, 0.4) is 0 Å². The van der Waals surface area contributed by atoms with Gasteiger partial charge in [0.05, 0.1) is 28.1 Å². The number of hydrogen-bond acceptors (Lipinski definition) is 8. The molecule has 1 aromatic carbocycles. The van der Waals surface area contributed by atoms with E-state index in [0.29, 0.717) is 18.2 Å². The van der Waals surface area contributed by atoms with E-state index in [4.69, 9.17) is 39.3 Å². The van der Waals surface area contributed by atoms with Crippen LogP contribution >= 0.6 is 19.2 Å². The predicted octanol–water partition coefficient (Wildman–Crippen LogP) is 0.605. The number of halogens is 2. The molecule has 0 aliphatic heterocycles. The predicted molar refractivity (Wildman–Crippen MR) is 95.6 cm³/mol. The van der Waals surface area contributed by atoms with Crippen LogP contribution in [0.5, 0.6) is 0 Å². The number of aryl methyl sites for hydroxylation is 1. The van der Waals surface area contributed by atoms with Gasteiger partial charge in [-0.05, 0) is 46.5 Å². The first-order valence-corrected chi connectivity index (χ1v) is 11.2. The van der Waals surface area contributed by atoms with E-state index >= 15 is 0 Å². The van der Waals surface area contributed by atoms with Gasteiger partial charge in [0.2, 0.25) is 0 Å². The molecule has 1 atom stereocenters. The van der Waals surface area contributed by atoms with Gasteiger partial charge >= 0.3 is 7.60 Å². The fourth-order valence-corrected chi connectivity index (χ4v) is 4.34. The van der Waals surface area contributed by atoms with Crippen molar-refractivity contribution < 1.29 is 42.5 Å². The van der Waals surface area contributed by atoms with E-state index < -0.39 is 23.6 Å². The van der Waals surface area contributed by atoms with Gasteiger partial charge in [-0.25, -0.2) is 0 Å². The van der Waals surface area contributed by atoms with Crippen LogP contribution in [0.15, 0.2) is 30.3 Å². The molecule has 0 saturated heterocycles. The first-order chi connectivity index (χ1) is 12.3. The van der Waals surface area contributed by atoms with Crippen LogP contribution in [0.25, 0.3) is 5.03 Å². The molecule has 0 fully saturated rings. The highest BCUT2D eigenvalue weighted by Gasteiger charge is 2.36. The van der Waals surface area contributed by atoms with Crippen molar-refractivity contribution in [3.05, 3.63) is 41.5 Å². The molecule has 0 heterocycles. The van der Waals surface area contributed by atoms with Gasteiger partial charge in [-0.1, -0.05) is 41.4 Å². The molecule has 156 valence electrons. The fraction of sp³-hybridized carbons (Fsp3) is 0.500. The minimum Gasteiger partial charge on any atom is -0.308 e. The first-order valence-electron chi connectivity index (χ1n) is 7.96. The van der Waals surface area contributed by atoms with Gasteiger partial charge in [0.25, 0.3) is 0 Å². The molecule has 27 heavy (non-hydrogen) atoms. The molecule has 0 aliphatic rings. The molecular weight excluding hydrogens is 420 g/mol. The third-order valence-corrected chi connectivity index (χ3v) is 5.93. The molecule has 8 nitrogen and oxygen atoms in total. The van der Waals surface area contributed by atoms with Crippen LogP contribution in [0.2, 0.25) is 0 Å². The van der Waals surface area contributed by atoms with Crippen molar-refractivity contribution >= 4 is 24.2 Å². The first kappa shape index (κ1) is 26.5. The summed E-state index contributed by atoms with van der Waals surface area (Å²) in [4.78, 5) is 1.79. The van der Waals surface area contributed by atoms with Gasteiger partial charge in [-0.15, -0.1) is 0 Å². The Morgan fingerprint density at radius 3 is 1.96 bits per heavy atom. The van der Waals surface area contributed by atoms with E-state index in [2.05, 4.69) is 0 Å². The molecule has 1 N–H and O–H groups in total. The van der Waals surface area contributed by atoms with Gasteiger partial charge in [0, 0.05) is 5.03 Å². The summed E-state index contributed by atoms with van der Waals surface area (Å²) in [5.74, 6) is -0.541. The largest absolute Gasteiger partial charge is 0.351 e. The van der Waals surface area contributed by atoms with Crippen molar-refractivity contribution in [3.8, 4) is 0 Å². The average Bonchev–Trinajstić information content (AvgIpc) is 2.51. The number of nitrogens with zero attached hydrogens (tertiary/aromatic N) is 1. The van der Waals surface area contributed by atoms with Gasteiger partial charge < -0.3 is 9.05 Å². The Bertz CT molecular complexity index is 617. The summed E-state index contributed by atoms with van der Waals surface area (Å²) >= 11 is 6.41. The van der Waals surface area contributed by atoms with E-state index in [9.17, 15) is 4.57 Å². The van der Waals surface area contributed by atoms with Gasteiger partial charge in [0.15, 0.2) is 0 Å². The Kier molecular flexibility index (Phi) is 11.9. The van der Waals surface area contributed by atoms with Gasteiger partial charge in [0.1, 0.15) is 5.78 Å². The van der Waals surface area contributed by atoms with Crippen molar-refractivity contribution in [1.29, 1.82) is 0 Å². The highest BCUT2D eigenvalue weighted by molar-refractivity contribution is 7.54.